The van der Waals surface area contributed by atoms with E-state index in [0.717, 1.165) is 11.3 Å². The van der Waals surface area contributed by atoms with Gasteiger partial charge in [0.15, 0.2) is 6.61 Å². The van der Waals surface area contributed by atoms with Gasteiger partial charge in [0.05, 0.1) is 6.61 Å². The molecule has 0 fully saturated rings. The van der Waals surface area contributed by atoms with Crippen LogP contribution in [0.4, 0.5) is 5.69 Å². The number of carbonyl (C=O) groups is 2. The third kappa shape index (κ3) is 5.74. The number of anilines is 1. The molecule has 0 aliphatic rings. The van der Waals surface area contributed by atoms with Crippen molar-refractivity contribution in [1.82, 2.24) is 4.90 Å². The molecule has 2 rings (SSSR count). The molecule has 0 bridgehead atoms. The summed E-state index contributed by atoms with van der Waals surface area (Å²) in [6.45, 7) is 2.41. The van der Waals surface area contributed by atoms with Crippen LogP contribution in [-0.4, -0.2) is 51.1 Å². The second kappa shape index (κ2) is 9.62. The predicted molar refractivity (Wildman–Crippen MR) is 105 cm³/mol. The van der Waals surface area contributed by atoms with Crippen molar-refractivity contribution in [3.63, 3.8) is 0 Å². The van der Waals surface area contributed by atoms with Crippen LogP contribution >= 0.6 is 0 Å². The zero-order valence-corrected chi connectivity index (χ0v) is 16.3. The number of hydrogen-bond acceptors (Lipinski definition) is 5. The number of esters is 1. The lowest BCUT2D eigenvalue weighted by molar-refractivity contribution is -0.133. The number of rotatable bonds is 8. The van der Waals surface area contributed by atoms with Crippen molar-refractivity contribution in [2.45, 2.75) is 13.5 Å². The summed E-state index contributed by atoms with van der Waals surface area (Å²) in [6.07, 6.45) is 0. The van der Waals surface area contributed by atoms with E-state index in [2.05, 4.69) is 0 Å². The number of amides is 1. The van der Waals surface area contributed by atoms with E-state index < -0.39 is 5.97 Å². The van der Waals surface area contributed by atoms with Crippen LogP contribution in [0.25, 0.3) is 0 Å². The Hall–Kier alpha value is -3.02. The molecular weight excluding hydrogens is 344 g/mol. The fourth-order valence-electron chi connectivity index (χ4n) is 2.49. The zero-order valence-electron chi connectivity index (χ0n) is 16.3. The number of carbonyl (C=O) groups excluding carboxylic acids is 2. The first kappa shape index (κ1) is 20.3. The number of ether oxygens (including phenoxy) is 2. The Kier molecular flexibility index (Phi) is 7.23. The lowest BCUT2D eigenvalue weighted by atomic mass is 10.2. The molecule has 0 radical (unpaired) electrons. The highest BCUT2D eigenvalue weighted by atomic mass is 16.5. The molecule has 0 aromatic heterocycles. The van der Waals surface area contributed by atoms with Crippen molar-refractivity contribution in [2.75, 3.05) is 39.3 Å². The molecule has 0 N–H and O–H groups in total. The second-order valence-corrected chi connectivity index (χ2v) is 6.32. The number of benzene rings is 2. The van der Waals surface area contributed by atoms with E-state index in [9.17, 15) is 9.59 Å². The van der Waals surface area contributed by atoms with Crippen LogP contribution in [0.2, 0.25) is 0 Å². The fourth-order valence-corrected chi connectivity index (χ4v) is 2.49. The fraction of sp³-hybridized carbons (Fsp3) is 0.333. The Labute approximate surface area is 160 Å². The van der Waals surface area contributed by atoms with Crippen LogP contribution in [0.1, 0.15) is 22.8 Å². The molecule has 27 heavy (non-hydrogen) atoms. The van der Waals surface area contributed by atoms with Crippen LogP contribution in [-0.2, 0) is 16.1 Å². The Morgan fingerprint density at radius 1 is 0.963 bits per heavy atom. The highest BCUT2D eigenvalue weighted by Gasteiger charge is 2.17. The molecule has 0 unspecified atom stereocenters. The summed E-state index contributed by atoms with van der Waals surface area (Å²) < 4.78 is 10.6. The molecule has 0 saturated carbocycles. The minimum absolute atomic E-state index is 0.270. The van der Waals surface area contributed by atoms with E-state index >= 15 is 0 Å². The summed E-state index contributed by atoms with van der Waals surface area (Å²) in [5, 5.41) is 0. The van der Waals surface area contributed by atoms with Crippen LogP contribution in [0.3, 0.4) is 0 Å². The standard InChI is InChI=1S/C21H26N2O4/c1-5-26-19-9-7-6-8-18(19)21(25)27-15-20(24)23(4)14-16-10-12-17(13-11-16)22(2)3/h6-13H,5,14-15H2,1-4H3. The minimum Gasteiger partial charge on any atom is -0.493 e. The third-order valence-corrected chi connectivity index (χ3v) is 4.03. The van der Waals surface area contributed by atoms with Crippen LogP contribution in [0.5, 0.6) is 5.75 Å². The van der Waals surface area contributed by atoms with Crippen molar-refractivity contribution in [3.05, 3.63) is 59.7 Å². The first-order valence-electron chi connectivity index (χ1n) is 8.81. The summed E-state index contributed by atoms with van der Waals surface area (Å²) in [4.78, 5) is 28.1. The van der Waals surface area contributed by atoms with Crippen LogP contribution in [0, 0.1) is 0 Å². The van der Waals surface area contributed by atoms with Gasteiger partial charge in [-0.15, -0.1) is 0 Å². The van der Waals surface area contributed by atoms with Gasteiger partial charge >= 0.3 is 5.97 Å². The SMILES string of the molecule is CCOc1ccccc1C(=O)OCC(=O)N(C)Cc1ccc(N(C)C)cc1. The topological polar surface area (TPSA) is 59.1 Å². The number of likely N-dealkylation sites (N-methyl/N-ethyl adjacent to an activating group) is 1. The molecule has 0 spiro atoms. The van der Waals surface area contributed by atoms with Crippen molar-refractivity contribution in [1.29, 1.82) is 0 Å². The number of para-hydroxylation sites is 1. The van der Waals surface area contributed by atoms with E-state index in [1.165, 1.54) is 4.90 Å². The summed E-state index contributed by atoms with van der Waals surface area (Å²) in [5.41, 5.74) is 2.41. The highest BCUT2D eigenvalue weighted by molar-refractivity contribution is 5.93. The van der Waals surface area contributed by atoms with Crippen molar-refractivity contribution in [2.24, 2.45) is 0 Å². The number of nitrogens with zero attached hydrogens (tertiary/aromatic N) is 2. The lowest BCUT2D eigenvalue weighted by Crippen LogP contribution is -2.30. The molecule has 2 aromatic carbocycles. The first-order valence-corrected chi connectivity index (χ1v) is 8.81. The van der Waals surface area contributed by atoms with Gasteiger partial charge in [-0.1, -0.05) is 24.3 Å². The Morgan fingerprint density at radius 2 is 1.63 bits per heavy atom. The molecule has 1 amide bonds. The molecule has 2 aromatic rings. The average Bonchev–Trinajstić information content (AvgIpc) is 2.67. The quantitative estimate of drug-likeness (QED) is 0.669. The average molecular weight is 370 g/mol. The molecular formula is C21H26N2O4. The molecule has 0 atom stereocenters. The first-order chi connectivity index (χ1) is 12.9. The van der Waals surface area contributed by atoms with Crippen molar-refractivity contribution in [3.8, 4) is 5.75 Å². The minimum atomic E-state index is -0.573. The largest absolute Gasteiger partial charge is 0.493 e. The van der Waals surface area contributed by atoms with Gasteiger partial charge in [0.25, 0.3) is 5.91 Å². The maximum atomic E-state index is 12.3. The second-order valence-electron chi connectivity index (χ2n) is 6.32. The van der Waals surface area contributed by atoms with Crippen LogP contribution in [0.15, 0.2) is 48.5 Å². The van der Waals surface area contributed by atoms with Gasteiger partial charge in [0.2, 0.25) is 0 Å². The van der Waals surface area contributed by atoms with E-state index in [1.807, 2.05) is 50.2 Å². The third-order valence-electron chi connectivity index (χ3n) is 4.03. The van der Waals surface area contributed by atoms with Crippen molar-refractivity contribution >= 4 is 17.6 Å². The molecule has 6 nitrogen and oxygen atoms in total. The normalized spacial score (nSPS) is 10.2. The van der Waals surface area contributed by atoms with E-state index in [1.54, 1.807) is 31.3 Å². The van der Waals surface area contributed by atoms with Gasteiger partial charge in [-0.3, -0.25) is 4.79 Å². The summed E-state index contributed by atoms with van der Waals surface area (Å²) in [5.74, 6) is -0.392. The van der Waals surface area contributed by atoms with E-state index in [0.29, 0.717) is 24.5 Å². The van der Waals surface area contributed by atoms with Gasteiger partial charge in [-0.05, 0) is 36.8 Å². The Morgan fingerprint density at radius 3 is 2.26 bits per heavy atom. The number of hydrogen-bond donors (Lipinski definition) is 0. The predicted octanol–water partition coefficient (Wildman–Crippen LogP) is 2.97. The lowest BCUT2D eigenvalue weighted by Gasteiger charge is -2.18. The van der Waals surface area contributed by atoms with E-state index in [4.69, 9.17) is 9.47 Å². The maximum Gasteiger partial charge on any atom is 0.342 e. The van der Waals surface area contributed by atoms with Crippen molar-refractivity contribution < 1.29 is 19.1 Å². The van der Waals surface area contributed by atoms with Gasteiger partial charge in [0.1, 0.15) is 11.3 Å². The Balaban J connectivity index is 1.90. The summed E-state index contributed by atoms with van der Waals surface area (Å²) in [7, 11) is 5.63. The van der Waals surface area contributed by atoms with Gasteiger partial charge in [-0.25, -0.2) is 4.79 Å². The monoisotopic (exact) mass is 370 g/mol. The highest BCUT2D eigenvalue weighted by Crippen LogP contribution is 2.19. The van der Waals surface area contributed by atoms with Gasteiger partial charge < -0.3 is 19.3 Å². The summed E-state index contributed by atoms with van der Waals surface area (Å²) in [6, 6.07) is 14.8. The van der Waals surface area contributed by atoms with E-state index in [-0.39, 0.29) is 12.5 Å². The van der Waals surface area contributed by atoms with Gasteiger partial charge in [0, 0.05) is 33.4 Å². The smallest absolute Gasteiger partial charge is 0.342 e. The maximum absolute atomic E-state index is 12.3. The molecule has 0 aliphatic carbocycles. The zero-order chi connectivity index (χ0) is 19.8. The molecule has 144 valence electrons. The Bertz CT molecular complexity index is 772. The molecule has 0 heterocycles. The molecule has 0 aliphatic heterocycles. The molecule has 0 saturated heterocycles. The summed E-state index contributed by atoms with van der Waals surface area (Å²) >= 11 is 0. The van der Waals surface area contributed by atoms with Crippen LogP contribution < -0.4 is 9.64 Å². The van der Waals surface area contributed by atoms with Gasteiger partial charge in [-0.2, -0.15) is 0 Å². The molecule has 6 heteroatoms.